The van der Waals surface area contributed by atoms with E-state index in [4.69, 9.17) is 0 Å². The Kier molecular flexibility index (Phi) is 4.76. The van der Waals surface area contributed by atoms with Crippen LogP contribution in [0, 0.1) is 19.8 Å². The van der Waals surface area contributed by atoms with Crippen molar-refractivity contribution in [2.24, 2.45) is 5.92 Å². The van der Waals surface area contributed by atoms with Crippen molar-refractivity contribution in [2.75, 3.05) is 0 Å². The minimum Gasteiger partial charge on any atom is -0.477 e. The van der Waals surface area contributed by atoms with E-state index in [0.29, 0.717) is 22.9 Å². The Balaban J connectivity index is 1.65. The topological polar surface area (TPSA) is 101 Å². The SMILES string of the molecule is Cc1nn(CC2CC2)c(C)c1S(=O)(=O)NCc1c(C(=O)O)sc2ccccc12. The van der Waals surface area contributed by atoms with E-state index in [2.05, 4.69) is 9.82 Å². The number of carboxylic acid groups (broad SMARTS) is 1. The lowest BCUT2D eigenvalue weighted by Gasteiger charge is -2.08. The van der Waals surface area contributed by atoms with Crippen molar-refractivity contribution in [3.63, 3.8) is 0 Å². The number of carbonyl (C=O) groups is 1. The van der Waals surface area contributed by atoms with E-state index in [9.17, 15) is 18.3 Å². The molecule has 0 bridgehead atoms. The third-order valence-corrected chi connectivity index (χ3v) is 7.90. The standard InChI is InChI=1S/C19H21N3O4S2/c1-11-18(12(2)22(21-11)10-13-7-8-13)28(25,26)20-9-15-14-5-3-4-6-16(14)27-17(15)19(23)24/h3-6,13,20H,7-10H2,1-2H3,(H,23,24). The smallest absolute Gasteiger partial charge is 0.346 e. The fourth-order valence-corrected chi connectivity index (χ4v) is 5.94. The van der Waals surface area contributed by atoms with Crippen LogP contribution in [0.2, 0.25) is 0 Å². The summed E-state index contributed by atoms with van der Waals surface area (Å²) in [6.45, 7) is 4.11. The minimum absolute atomic E-state index is 0.0827. The number of hydrogen-bond acceptors (Lipinski definition) is 5. The number of benzene rings is 1. The van der Waals surface area contributed by atoms with Crippen molar-refractivity contribution in [3.05, 3.63) is 46.1 Å². The highest BCUT2D eigenvalue weighted by Gasteiger charge is 2.29. The molecule has 1 aliphatic rings. The molecular weight excluding hydrogens is 398 g/mol. The lowest BCUT2D eigenvalue weighted by atomic mass is 10.1. The van der Waals surface area contributed by atoms with Gasteiger partial charge in [-0.3, -0.25) is 4.68 Å². The highest BCUT2D eigenvalue weighted by atomic mass is 32.2. The van der Waals surface area contributed by atoms with Gasteiger partial charge in [0.25, 0.3) is 0 Å². The van der Waals surface area contributed by atoms with E-state index in [1.807, 2.05) is 24.3 Å². The second-order valence-electron chi connectivity index (χ2n) is 7.16. The number of nitrogens with zero attached hydrogens (tertiary/aromatic N) is 2. The minimum atomic E-state index is -3.82. The molecule has 1 saturated carbocycles. The van der Waals surface area contributed by atoms with Gasteiger partial charge in [-0.1, -0.05) is 18.2 Å². The van der Waals surface area contributed by atoms with Crippen molar-refractivity contribution in [1.29, 1.82) is 0 Å². The molecule has 0 aliphatic heterocycles. The van der Waals surface area contributed by atoms with E-state index in [-0.39, 0.29) is 16.3 Å². The molecule has 1 aromatic carbocycles. The Labute approximate surface area is 167 Å². The van der Waals surface area contributed by atoms with Crippen LogP contribution in [0.5, 0.6) is 0 Å². The van der Waals surface area contributed by atoms with E-state index < -0.39 is 16.0 Å². The molecule has 0 saturated heterocycles. The second-order valence-corrected chi connectivity index (χ2v) is 9.92. The molecule has 3 aromatic rings. The van der Waals surface area contributed by atoms with Gasteiger partial charge in [0.05, 0.1) is 11.4 Å². The summed E-state index contributed by atoms with van der Waals surface area (Å²) in [6, 6.07) is 7.29. The largest absolute Gasteiger partial charge is 0.477 e. The van der Waals surface area contributed by atoms with Gasteiger partial charge >= 0.3 is 5.97 Å². The quantitative estimate of drug-likeness (QED) is 0.612. The molecule has 148 valence electrons. The predicted molar refractivity (Wildman–Crippen MR) is 107 cm³/mol. The predicted octanol–water partition coefficient (Wildman–Crippen LogP) is 3.30. The van der Waals surface area contributed by atoms with E-state index in [1.165, 1.54) is 0 Å². The molecule has 0 radical (unpaired) electrons. The zero-order valence-electron chi connectivity index (χ0n) is 15.6. The molecule has 28 heavy (non-hydrogen) atoms. The Morgan fingerprint density at radius 3 is 2.71 bits per heavy atom. The van der Waals surface area contributed by atoms with Gasteiger partial charge in [-0.25, -0.2) is 17.9 Å². The Bertz CT molecular complexity index is 1170. The van der Waals surface area contributed by atoms with Crippen LogP contribution in [-0.2, 0) is 23.1 Å². The number of nitrogens with one attached hydrogen (secondary N) is 1. The fourth-order valence-electron chi connectivity index (χ4n) is 3.48. The normalized spacial score (nSPS) is 14.6. The average molecular weight is 420 g/mol. The van der Waals surface area contributed by atoms with Crippen molar-refractivity contribution in [3.8, 4) is 0 Å². The van der Waals surface area contributed by atoms with Gasteiger partial charge in [0, 0.05) is 23.4 Å². The lowest BCUT2D eigenvalue weighted by molar-refractivity contribution is 0.0701. The van der Waals surface area contributed by atoms with Gasteiger partial charge in [-0.05, 0) is 44.1 Å². The first-order chi connectivity index (χ1) is 13.3. The number of carboxylic acids is 1. The lowest BCUT2D eigenvalue weighted by Crippen LogP contribution is -2.25. The van der Waals surface area contributed by atoms with Crippen LogP contribution >= 0.6 is 11.3 Å². The summed E-state index contributed by atoms with van der Waals surface area (Å²) in [4.78, 5) is 12.0. The molecule has 0 amide bonds. The zero-order chi connectivity index (χ0) is 20.1. The number of aryl methyl sites for hydroxylation is 1. The number of fused-ring (bicyclic) bond motifs is 1. The van der Waals surface area contributed by atoms with E-state index >= 15 is 0 Å². The van der Waals surface area contributed by atoms with Crippen LogP contribution in [0.15, 0.2) is 29.2 Å². The first-order valence-electron chi connectivity index (χ1n) is 9.05. The summed E-state index contributed by atoms with van der Waals surface area (Å²) in [5.41, 5.74) is 1.56. The van der Waals surface area contributed by atoms with Gasteiger partial charge in [-0.2, -0.15) is 5.10 Å². The number of hydrogen-bond donors (Lipinski definition) is 2. The zero-order valence-corrected chi connectivity index (χ0v) is 17.2. The maximum Gasteiger partial charge on any atom is 0.346 e. The third kappa shape index (κ3) is 3.45. The van der Waals surface area contributed by atoms with Gasteiger partial charge in [0.15, 0.2) is 0 Å². The second kappa shape index (κ2) is 6.98. The molecule has 4 rings (SSSR count). The number of thiophene rings is 1. The molecule has 0 unspecified atom stereocenters. The van der Waals surface area contributed by atoms with Gasteiger partial charge < -0.3 is 5.11 Å². The molecule has 2 aromatic heterocycles. The summed E-state index contributed by atoms with van der Waals surface area (Å²) < 4.78 is 31.2. The van der Waals surface area contributed by atoms with Crippen LogP contribution in [0.25, 0.3) is 10.1 Å². The molecule has 0 atom stereocenters. The Hall–Kier alpha value is -2.23. The van der Waals surface area contributed by atoms with Gasteiger partial charge in [0.2, 0.25) is 10.0 Å². The highest BCUT2D eigenvalue weighted by Crippen LogP contribution is 2.33. The van der Waals surface area contributed by atoms with Crippen LogP contribution in [0.3, 0.4) is 0 Å². The van der Waals surface area contributed by atoms with Crippen LogP contribution in [0.4, 0.5) is 0 Å². The Morgan fingerprint density at radius 2 is 2.04 bits per heavy atom. The molecule has 0 spiro atoms. The summed E-state index contributed by atoms with van der Waals surface area (Å²) in [5.74, 6) is -0.475. The molecule has 7 nitrogen and oxygen atoms in total. The summed E-state index contributed by atoms with van der Waals surface area (Å²) in [5, 5.41) is 14.7. The van der Waals surface area contributed by atoms with Crippen molar-refractivity contribution < 1.29 is 18.3 Å². The Morgan fingerprint density at radius 1 is 1.32 bits per heavy atom. The van der Waals surface area contributed by atoms with Crippen LogP contribution in [0.1, 0.15) is 39.5 Å². The fraction of sp³-hybridized carbons (Fsp3) is 0.368. The average Bonchev–Trinajstić information content (AvgIpc) is 3.29. The number of sulfonamides is 1. The summed E-state index contributed by atoms with van der Waals surface area (Å²) >= 11 is 1.15. The molecule has 1 fully saturated rings. The third-order valence-electron chi connectivity index (χ3n) is 5.04. The van der Waals surface area contributed by atoms with Crippen LogP contribution in [-0.4, -0.2) is 29.3 Å². The maximum absolute atomic E-state index is 13.0. The number of aromatic carboxylic acids is 1. The monoisotopic (exact) mass is 419 g/mol. The summed E-state index contributed by atoms with van der Waals surface area (Å²) in [7, 11) is -3.82. The van der Waals surface area contributed by atoms with E-state index in [1.54, 1.807) is 18.5 Å². The number of aromatic nitrogens is 2. The molecule has 2 N–H and O–H groups in total. The first-order valence-corrected chi connectivity index (χ1v) is 11.3. The van der Waals surface area contributed by atoms with Crippen molar-refractivity contribution >= 4 is 37.4 Å². The number of rotatable bonds is 7. The molecule has 2 heterocycles. The molecular formula is C19H21N3O4S2. The first kappa shape index (κ1) is 19.1. The van der Waals surface area contributed by atoms with E-state index in [0.717, 1.165) is 40.8 Å². The van der Waals surface area contributed by atoms with Crippen molar-refractivity contribution in [1.82, 2.24) is 14.5 Å². The highest BCUT2D eigenvalue weighted by molar-refractivity contribution is 7.89. The maximum atomic E-state index is 13.0. The van der Waals surface area contributed by atoms with Gasteiger partial charge in [-0.15, -0.1) is 11.3 Å². The van der Waals surface area contributed by atoms with Gasteiger partial charge in [0.1, 0.15) is 9.77 Å². The molecule has 9 heteroatoms. The van der Waals surface area contributed by atoms with Crippen LogP contribution < -0.4 is 4.72 Å². The molecule has 1 aliphatic carbocycles. The summed E-state index contributed by atoms with van der Waals surface area (Å²) in [6.07, 6.45) is 2.31. The van der Waals surface area contributed by atoms with Crippen molar-refractivity contribution in [2.45, 2.75) is 44.7 Å².